The monoisotopic (exact) mass is 304 g/mol. The summed E-state index contributed by atoms with van der Waals surface area (Å²) in [5, 5.41) is 18.8. The second-order valence-corrected chi connectivity index (χ2v) is 5.32. The van der Waals surface area contributed by atoms with Gasteiger partial charge in [0, 0.05) is 13.6 Å². The van der Waals surface area contributed by atoms with E-state index in [1.165, 1.54) is 5.56 Å². The SMILES string of the molecule is C=CCNC(=NCc1ccsc1)NCc1nnc(C)n1C. The third-order valence-electron chi connectivity index (χ3n) is 3.01. The van der Waals surface area contributed by atoms with Crippen LogP contribution in [-0.4, -0.2) is 27.3 Å². The van der Waals surface area contributed by atoms with Gasteiger partial charge in [-0.15, -0.1) is 16.8 Å². The molecule has 0 aliphatic heterocycles. The third-order valence-corrected chi connectivity index (χ3v) is 3.74. The van der Waals surface area contributed by atoms with Crippen LogP contribution in [0, 0.1) is 6.92 Å². The molecule has 0 aliphatic rings. The number of nitrogens with zero attached hydrogens (tertiary/aromatic N) is 4. The molecule has 2 rings (SSSR count). The van der Waals surface area contributed by atoms with Gasteiger partial charge in [-0.05, 0) is 29.3 Å². The summed E-state index contributed by atoms with van der Waals surface area (Å²) in [6, 6.07) is 2.07. The lowest BCUT2D eigenvalue weighted by Crippen LogP contribution is -2.37. The minimum absolute atomic E-state index is 0.573. The first kappa shape index (κ1) is 15.2. The van der Waals surface area contributed by atoms with Gasteiger partial charge in [0.25, 0.3) is 0 Å². The number of aryl methyl sites for hydroxylation is 1. The van der Waals surface area contributed by atoms with Crippen molar-refractivity contribution >= 4 is 17.3 Å². The summed E-state index contributed by atoms with van der Waals surface area (Å²) in [7, 11) is 1.95. The molecule has 0 saturated heterocycles. The molecule has 7 heteroatoms. The minimum atomic E-state index is 0.573. The Hall–Kier alpha value is -2.15. The van der Waals surface area contributed by atoms with Crippen LogP contribution in [0.5, 0.6) is 0 Å². The van der Waals surface area contributed by atoms with E-state index in [0.29, 0.717) is 19.6 Å². The van der Waals surface area contributed by atoms with Crippen molar-refractivity contribution in [3.63, 3.8) is 0 Å². The summed E-state index contributed by atoms with van der Waals surface area (Å²) < 4.78 is 1.96. The van der Waals surface area contributed by atoms with Gasteiger partial charge in [-0.3, -0.25) is 0 Å². The van der Waals surface area contributed by atoms with Crippen LogP contribution in [0.25, 0.3) is 0 Å². The highest BCUT2D eigenvalue weighted by Gasteiger charge is 2.05. The minimum Gasteiger partial charge on any atom is -0.353 e. The van der Waals surface area contributed by atoms with Gasteiger partial charge in [-0.2, -0.15) is 11.3 Å². The predicted octanol–water partition coefficient (Wildman–Crippen LogP) is 1.61. The topological polar surface area (TPSA) is 67.1 Å². The largest absolute Gasteiger partial charge is 0.353 e. The van der Waals surface area contributed by atoms with Crippen molar-refractivity contribution in [3.8, 4) is 0 Å². The summed E-state index contributed by atoms with van der Waals surface area (Å²) in [5.74, 6) is 2.50. The van der Waals surface area contributed by atoms with E-state index in [9.17, 15) is 0 Å². The molecule has 0 unspecified atom stereocenters. The molecular formula is C14H20N6S. The maximum atomic E-state index is 4.55. The van der Waals surface area contributed by atoms with Crippen LogP contribution in [0.4, 0.5) is 0 Å². The Morgan fingerprint density at radius 1 is 1.48 bits per heavy atom. The van der Waals surface area contributed by atoms with Crippen molar-refractivity contribution in [2.75, 3.05) is 6.54 Å². The molecule has 0 fully saturated rings. The van der Waals surface area contributed by atoms with E-state index >= 15 is 0 Å². The lowest BCUT2D eigenvalue weighted by molar-refractivity contribution is 0.721. The Balaban J connectivity index is 1.97. The third kappa shape index (κ3) is 4.42. The zero-order chi connectivity index (χ0) is 15.1. The van der Waals surface area contributed by atoms with Gasteiger partial charge < -0.3 is 15.2 Å². The Labute approximate surface area is 128 Å². The maximum Gasteiger partial charge on any atom is 0.192 e. The normalized spacial score (nSPS) is 11.4. The molecule has 112 valence electrons. The molecule has 0 spiro atoms. The zero-order valence-corrected chi connectivity index (χ0v) is 13.2. The van der Waals surface area contributed by atoms with Gasteiger partial charge in [0.05, 0.1) is 13.1 Å². The summed E-state index contributed by atoms with van der Waals surface area (Å²) in [5.41, 5.74) is 1.20. The highest BCUT2D eigenvalue weighted by atomic mass is 32.1. The molecule has 0 saturated carbocycles. The van der Waals surface area contributed by atoms with E-state index in [4.69, 9.17) is 0 Å². The van der Waals surface area contributed by atoms with Crippen LogP contribution >= 0.6 is 11.3 Å². The second-order valence-electron chi connectivity index (χ2n) is 4.54. The van der Waals surface area contributed by atoms with Crippen LogP contribution in [0.3, 0.4) is 0 Å². The highest BCUT2D eigenvalue weighted by molar-refractivity contribution is 7.07. The number of hydrogen-bond acceptors (Lipinski definition) is 4. The maximum absolute atomic E-state index is 4.55. The Morgan fingerprint density at radius 2 is 2.33 bits per heavy atom. The van der Waals surface area contributed by atoms with Crippen LogP contribution in [0.15, 0.2) is 34.5 Å². The summed E-state index contributed by atoms with van der Waals surface area (Å²) in [6.45, 7) is 7.52. The number of guanidine groups is 1. The molecule has 6 nitrogen and oxygen atoms in total. The molecule has 0 bridgehead atoms. The lowest BCUT2D eigenvalue weighted by Gasteiger charge is -2.11. The lowest BCUT2D eigenvalue weighted by atomic mass is 10.3. The van der Waals surface area contributed by atoms with Crippen molar-refractivity contribution in [3.05, 3.63) is 46.7 Å². The fourth-order valence-corrected chi connectivity index (χ4v) is 2.32. The molecule has 2 N–H and O–H groups in total. The van der Waals surface area contributed by atoms with Gasteiger partial charge in [0.15, 0.2) is 11.8 Å². The predicted molar refractivity (Wildman–Crippen MR) is 86.2 cm³/mol. The number of hydrogen-bond donors (Lipinski definition) is 2. The highest BCUT2D eigenvalue weighted by Crippen LogP contribution is 2.06. The van der Waals surface area contributed by atoms with E-state index in [0.717, 1.165) is 17.6 Å². The van der Waals surface area contributed by atoms with Gasteiger partial charge in [0.1, 0.15) is 5.82 Å². The van der Waals surface area contributed by atoms with E-state index < -0.39 is 0 Å². The molecule has 0 aliphatic carbocycles. The van der Waals surface area contributed by atoms with E-state index in [1.54, 1.807) is 17.4 Å². The average Bonchev–Trinajstić information content (AvgIpc) is 3.11. The van der Waals surface area contributed by atoms with Crippen LogP contribution in [0.1, 0.15) is 17.2 Å². The van der Waals surface area contributed by atoms with Crippen molar-refractivity contribution in [2.24, 2.45) is 12.0 Å². The molecule has 21 heavy (non-hydrogen) atoms. The summed E-state index contributed by atoms with van der Waals surface area (Å²) >= 11 is 1.68. The number of aliphatic imine (C=N–C) groups is 1. The van der Waals surface area contributed by atoms with Crippen molar-refractivity contribution in [2.45, 2.75) is 20.0 Å². The molecule has 0 radical (unpaired) electrons. The molecule has 0 amide bonds. The first-order valence-electron chi connectivity index (χ1n) is 6.69. The standard InChI is InChI=1S/C14H20N6S/c1-4-6-15-14(16-8-12-5-7-21-10-12)17-9-13-19-18-11(2)20(13)3/h4-5,7,10H,1,6,8-9H2,2-3H3,(H2,15,16,17). The van der Waals surface area contributed by atoms with E-state index in [-0.39, 0.29) is 0 Å². The smallest absolute Gasteiger partial charge is 0.192 e. The van der Waals surface area contributed by atoms with Gasteiger partial charge in [0.2, 0.25) is 0 Å². The molecule has 2 aromatic rings. The van der Waals surface area contributed by atoms with Crippen molar-refractivity contribution < 1.29 is 0 Å². The quantitative estimate of drug-likeness (QED) is 0.483. The molecule has 2 heterocycles. The zero-order valence-electron chi connectivity index (χ0n) is 12.3. The van der Waals surface area contributed by atoms with Crippen LogP contribution < -0.4 is 10.6 Å². The Morgan fingerprint density at radius 3 is 2.95 bits per heavy atom. The molecule has 0 aromatic carbocycles. The van der Waals surface area contributed by atoms with Crippen LogP contribution in [-0.2, 0) is 20.1 Å². The fraction of sp³-hybridized carbons (Fsp3) is 0.357. The van der Waals surface area contributed by atoms with Crippen LogP contribution in [0.2, 0.25) is 0 Å². The molecular weight excluding hydrogens is 284 g/mol. The summed E-state index contributed by atoms with van der Waals surface area (Å²) in [4.78, 5) is 4.55. The average molecular weight is 304 g/mol. The Bertz CT molecular complexity index is 599. The Kier molecular flexibility index (Phi) is 5.51. The number of aromatic nitrogens is 3. The molecule has 0 atom stereocenters. The van der Waals surface area contributed by atoms with Crippen molar-refractivity contribution in [1.29, 1.82) is 0 Å². The summed E-state index contributed by atoms with van der Waals surface area (Å²) in [6.07, 6.45) is 1.80. The first-order chi connectivity index (χ1) is 10.2. The molecule has 2 aromatic heterocycles. The van der Waals surface area contributed by atoms with E-state index in [2.05, 4.69) is 49.2 Å². The van der Waals surface area contributed by atoms with Gasteiger partial charge in [-0.25, -0.2) is 4.99 Å². The number of rotatable bonds is 6. The van der Waals surface area contributed by atoms with Gasteiger partial charge in [-0.1, -0.05) is 6.08 Å². The fourth-order valence-electron chi connectivity index (χ4n) is 1.66. The number of thiophene rings is 1. The number of nitrogens with one attached hydrogen (secondary N) is 2. The van der Waals surface area contributed by atoms with Crippen molar-refractivity contribution in [1.82, 2.24) is 25.4 Å². The van der Waals surface area contributed by atoms with Gasteiger partial charge >= 0.3 is 0 Å². The second kappa shape index (κ2) is 7.58. The first-order valence-corrected chi connectivity index (χ1v) is 7.64. The van der Waals surface area contributed by atoms with E-state index in [1.807, 2.05) is 18.5 Å².